The van der Waals surface area contributed by atoms with Crippen LogP contribution in [0, 0.1) is 17.9 Å². The van der Waals surface area contributed by atoms with E-state index in [1.807, 2.05) is 6.92 Å². The summed E-state index contributed by atoms with van der Waals surface area (Å²) in [6, 6.07) is 6.25. The number of fused-ring (bicyclic) bond motifs is 2. The molecule has 0 radical (unpaired) electrons. The van der Waals surface area contributed by atoms with E-state index in [2.05, 4.69) is 15.3 Å². The lowest BCUT2D eigenvalue weighted by Crippen LogP contribution is -2.49. The minimum atomic E-state index is -1.71. The van der Waals surface area contributed by atoms with Gasteiger partial charge in [0.25, 0.3) is 5.91 Å². The molecule has 0 atom stereocenters. The minimum Gasteiger partial charge on any atom is -0.619 e. The highest BCUT2D eigenvalue weighted by molar-refractivity contribution is 5.96. The van der Waals surface area contributed by atoms with Gasteiger partial charge in [-0.3, -0.25) is 10.1 Å². The molecule has 1 aliphatic carbocycles. The standard InChI is InChI=1S/C24H21FN4O5/c1-14-2-3-19(25)16(10-14)15-11-26-22(27-12-15)28-21(31)23(32)5-7-24(8-6-23)18-4-9-29(33)13-17(18)20(30)34-24/h2-4,9-13,32H,5-8H2,1H3,(H,26,27,28,31). The number of pyridine rings is 1. The van der Waals surface area contributed by atoms with Crippen molar-refractivity contribution >= 4 is 17.8 Å². The summed E-state index contributed by atoms with van der Waals surface area (Å²) >= 11 is 0. The number of amides is 1. The third-order valence-electron chi connectivity index (χ3n) is 6.55. The Balaban J connectivity index is 1.28. The van der Waals surface area contributed by atoms with Crippen molar-refractivity contribution in [3.05, 3.63) is 76.8 Å². The summed E-state index contributed by atoms with van der Waals surface area (Å²) in [7, 11) is 0. The van der Waals surface area contributed by atoms with E-state index in [9.17, 15) is 24.3 Å². The van der Waals surface area contributed by atoms with Gasteiger partial charge >= 0.3 is 5.97 Å². The first-order chi connectivity index (χ1) is 16.2. The van der Waals surface area contributed by atoms with Crippen molar-refractivity contribution in [2.24, 2.45) is 0 Å². The zero-order valence-electron chi connectivity index (χ0n) is 18.2. The van der Waals surface area contributed by atoms with Gasteiger partial charge in [0.1, 0.15) is 22.6 Å². The molecule has 1 aromatic carbocycles. The van der Waals surface area contributed by atoms with Crippen LogP contribution in [0.3, 0.4) is 0 Å². The zero-order chi connectivity index (χ0) is 24.1. The first-order valence-electron chi connectivity index (χ1n) is 10.8. The quantitative estimate of drug-likeness (QED) is 0.346. The number of aliphatic hydroxyl groups is 1. The third kappa shape index (κ3) is 3.65. The van der Waals surface area contributed by atoms with Crippen molar-refractivity contribution in [2.45, 2.75) is 43.8 Å². The van der Waals surface area contributed by atoms with E-state index in [0.29, 0.717) is 21.4 Å². The first-order valence-corrected chi connectivity index (χ1v) is 10.8. The second-order valence-corrected chi connectivity index (χ2v) is 8.78. The molecule has 34 heavy (non-hydrogen) atoms. The Morgan fingerprint density at radius 2 is 1.88 bits per heavy atom. The second kappa shape index (κ2) is 7.84. The van der Waals surface area contributed by atoms with Crippen LogP contribution >= 0.6 is 0 Å². The van der Waals surface area contributed by atoms with Crippen molar-refractivity contribution < 1.29 is 28.6 Å². The normalized spacial score (nSPS) is 23.4. The maximum atomic E-state index is 14.1. The predicted octanol–water partition coefficient (Wildman–Crippen LogP) is 2.53. The third-order valence-corrected chi connectivity index (χ3v) is 6.55. The van der Waals surface area contributed by atoms with Crippen molar-refractivity contribution in [1.29, 1.82) is 0 Å². The zero-order valence-corrected chi connectivity index (χ0v) is 18.2. The molecule has 0 unspecified atom stereocenters. The fourth-order valence-corrected chi connectivity index (χ4v) is 4.60. The van der Waals surface area contributed by atoms with Gasteiger partial charge in [0, 0.05) is 35.2 Å². The molecular weight excluding hydrogens is 443 g/mol. The molecular formula is C24H21FN4O5. The summed E-state index contributed by atoms with van der Waals surface area (Å²) in [5, 5.41) is 25.0. The van der Waals surface area contributed by atoms with Crippen molar-refractivity contribution in [3.8, 4) is 11.1 Å². The highest BCUT2D eigenvalue weighted by Crippen LogP contribution is 2.49. The molecule has 2 aromatic heterocycles. The number of nitrogens with one attached hydrogen (secondary N) is 1. The Hall–Kier alpha value is -3.92. The van der Waals surface area contributed by atoms with E-state index in [1.165, 1.54) is 30.9 Å². The maximum Gasteiger partial charge on any atom is 0.345 e. The van der Waals surface area contributed by atoms with E-state index in [0.717, 1.165) is 5.56 Å². The predicted molar refractivity (Wildman–Crippen MR) is 117 cm³/mol. The number of rotatable bonds is 3. The summed E-state index contributed by atoms with van der Waals surface area (Å²) in [5.41, 5.74) is -0.197. The summed E-state index contributed by atoms with van der Waals surface area (Å²) < 4.78 is 20.2. The van der Waals surface area contributed by atoms with Crippen LogP contribution in [-0.4, -0.2) is 32.6 Å². The Bertz CT molecular complexity index is 1300. The maximum absolute atomic E-state index is 14.1. The topological polar surface area (TPSA) is 128 Å². The SMILES string of the molecule is Cc1ccc(F)c(-c2cnc(NC(=O)C3(O)CCC4(CC3)OC(=O)c3c[n+]([O-])ccc34)nc2)c1. The molecule has 0 bridgehead atoms. The Kier molecular flexibility index (Phi) is 5.05. The van der Waals surface area contributed by atoms with Crippen molar-refractivity contribution in [3.63, 3.8) is 0 Å². The molecule has 1 aliphatic heterocycles. The van der Waals surface area contributed by atoms with Crippen LogP contribution in [0.5, 0.6) is 0 Å². The smallest absolute Gasteiger partial charge is 0.345 e. The molecule has 10 heteroatoms. The monoisotopic (exact) mass is 464 g/mol. The number of esters is 1. The van der Waals surface area contributed by atoms with Crippen LogP contribution in [0.2, 0.25) is 0 Å². The Morgan fingerprint density at radius 3 is 2.59 bits per heavy atom. The van der Waals surface area contributed by atoms with Gasteiger partial charge in [-0.2, -0.15) is 4.73 Å². The van der Waals surface area contributed by atoms with E-state index >= 15 is 0 Å². The molecule has 2 aliphatic rings. The Labute approximate surface area is 193 Å². The van der Waals surface area contributed by atoms with Crippen LogP contribution in [0.15, 0.2) is 49.1 Å². The van der Waals surface area contributed by atoms with E-state index in [-0.39, 0.29) is 37.2 Å². The average molecular weight is 464 g/mol. The van der Waals surface area contributed by atoms with E-state index in [4.69, 9.17) is 4.74 Å². The number of halogens is 1. The van der Waals surface area contributed by atoms with Gasteiger partial charge in [0.05, 0.1) is 0 Å². The van der Waals surface area contributed by atoms with Crippen molar-refractivity contribution in [2.75, 3.05) is 5.32 Å². The van der Waals surface area contributed by atoms with Crippen molar-refractivity contribution in [1.82, 2.24) is 9.97 Å². The molecule has 1 saturated carbocycles. The number of hydrogen-bond acceptors (Lipinski definition) is 7. The fraction of sp³-hybridized carbons (Fsp3) is 0.292. The number of hydrogen-bond donors (Lipinski definition) is 2. The average Bonchev–Trinajstić information content (AvgIpc) is 3.09. The van der Waals surface area contributed by atoms with Crippen LogP contribution in [-0.2, 0) is 15.1 Å². The molecule has 174 valence electrons. The lowest BCUT2D eigenvalue weighted by Gasteiger charge is -2.40. The highest BCUT2D eigenvalue weighted by atomic mass is 19.1. The summed E-state index contributed by atoms with van der Waals surface area (Å²) in [6.07, 6.45) is 5.75. The van der Waals surface area contributed by atoms with E-state index < -0.39 is 28.9 Å². The number of aryl methyl sites for hydroxylation is 1. The van der Waals surface area contributed by atoms with Gasteiger partial charge in [0.15, 0.2) is 12.4 Å². The van der Waals surface area contributed by atoms with Gasteiger partial charge in [-0.15, -0.1) is 0 Å². The number of nitrogens with zero attached hydrogens (tertiary/aromatic N) is 3. The molecule has 5 rings (SSSR count). The number of ether oxygens (including phenoxy) is 1. The molecule has 1 amide bonds. The molecule has 3 heterocycles. The number of carbonyl (C=O) groups is 2. The van der Waals surface area contributed by atoms with Crippen LogP contribution in [0.1, 0.15) is 47.2 Å². The highest BCUT2D eigenvalue weighted by Gasteiger charge is 2.53. The van der Waals surface area contributed by atoms with Gasteiger partial charge in [-0.25, -0.2) is 19.2 Å². The van der Waals surface area contributed by atoms with E-state index in [1.54, 1.807) is 18.2 Å². The lowest BCUT2D eigenvalue weighted by atomic mass is 9.72. The minimum absolute atomic E-state index is 0.0202. The lowest BCUT2D eigenvalue weighted by molar-refractivity contribution is -0.605. The Morgan fingerprint density at radius 1 is 1.18 bits per heavy atom. The van der Waals surface area contributed by atoms with Gasteiger partial charge in [-0.1, -0.05) is 11.6 Å². The van der Waals surface area contributed by atoms with Crippen LogP contribution < -0.4 is 10.0 Å². The van der Waals surface area contributed by atoms with Crippen LogP contribution in [0.4, 0.5) is 10.3 Å². The number of anilines is 1. The molecule has 0 saturated heterocycles. The number of benzene rings is 1. The largest absolute Gasteiger partial charge is 0.619 e. The number of aromatic nitrogens is 3. The van der Waals surface area contributed by atoms with Gasteiger partial charge in [-0.05, 0) is 44.7 Å². The summed E-state index contributed by atoms with van der Waals surface area (Å²) in [5.74, 6) is -1.69. The molecule has 1 spiro atoms. The van der Waals surface area contributed by atoms with Gasteiger partial charge < -0.3 is 15.1 Å². The van der Waals surface area contributed by atoms with Gasteiger partial charge in [0.2, 0.25) is 5.95 Å². The fourth-order valence-electron chi connectivity index (χ4n) is 4.60. The molecule has 2 N–H and O–H groups in total. The summed E-state index contributed by atoms with van der Waals surface area (Å²) in [6.45, 7) is 1.85. The number of carbonyl (C=O) groups excluding carboxylic acids is 2. The van der Waals surface area contributed by atoms with Crippen LogP contribution in [0.25, 0.3) is 11.1 Å². The first kappa shape index (κ1) is 21.9. The molecule has 3 aromatic rings. The summed E-state index contributed by atoms with van der Waals surface area (Å²) in [4.78, 5) is 33.3. The second-order valence-electron chi connectivity index (χ2n) is 8.78. The molecule has 9 nitrogen and oxygen atoms in total. The molecule has 1 fully saturated rings.